The van der Waals surface area contributed by atoms with Gasteiger partial charge >= 0.3 is 0 Å². The van der Waals surface area contributed by atoms with E-state index in [1.807, 2.05) is 28.8 Å². The zero-order valence-electron chi connectivity index (χ0n) is 10.4. The normalized spacial score (nSPS) is 10.9. The summed E-state index contributed by atoms with van der Waals surface area (Å²) in [5.74, 6) is 0. The van der Waals surface area contributed by atoms with Gasteiger partial charge in [0.1, 0.15) is 5.65 Å². The lowest BCUT2D eigenvalue weighted by atomic mass is 10.2. The molecule has 0 atom stereocenters. The highest BCUT2D eigenvalue weighted by Crippen LogP contribution is 2.27. The van der Waals surface area contributed by atoms with Crippen molar-refractivity contribution in [3.05, 3.63) is 63.9 Å². The minimum atomic E-state index is 0.515. The average Bonchev–Trinajstić information content (AvgIpc) is 2.82. The van der Waals surface area contributed by atoms with E-state index in [0.717, 1.165) is 22.9 Å². The van der Waals surface area contributed by atoms with E-state index >= 15 is 0 Å². The van der Waals surface area contributed by atoms with Crippen LogP contribution in [0.3, 0.4) is 0 Å². The van der Waals surface area contributed by atoms with Crippen LogP contribution < -0.4 is 0 Å². The average molecular weight is 305 g/mol. The molecule has 0 N–H and O–H groups in total. The van der Waals surface area contributed by atoms with Gasteiger partial charge in [-0.3, -0.25) is 4.79 Å². The highest BCUT2D eigenvalue weighted by atomic mass is 35.5. The van der Waals surface area contributed by atoms with Gasteiger partial charge in [0.25, 0.3) is 0 Å². The van der Waals surface area contributed by atoms with Crippen LogP contribution >= 0.6 is 23.2 Å². The van der Waals surface area contributed by atoms with Gasteiger partial charge < -0.3 is 4.57 Å². The Hall–Kier alpha value is -1.84. The number of halogens is 2. The minimum Gasteiger partial charge on any atom is -0.327 e. The van der Waals surface area contributed by atoms with Gasteiger partial charge in [-0.1, -0.05) is 35.3 Å². The van der Waals surface area contributed by atoms with Crippen LogP contribution in [0.5, 0.6) is 0 Å². The smallest absolute Gasteiger partial charge is 0.152 e. The molecule has 5 heteroatoms. The number of pyridine rings is 1. The summed E-state index contributed by atoms with van der Waals surface area (Å²) in [5.41, 5.74) is 2.26. The molecule has 0 fully saturated rings. The van der Waals surface area contributed by atoms with Gasteiger partial charge in [-0.05, 0) is 23.8 Å². The Morgan fingerprint density at radius 1 is 1.20 bits per heavy atom. The maximum Gasteiger partial charge on any atom is 0.152 e. The van der Waals surface area contributed by atoms with Crippen molar-refractivity contribution >= 4 is 40.5 Å². The topological polar surface area (TPSA) is 34.9 Å². The van der Waals surface area contributed by atoms with E-state index in [4.69, 9.17) is 23.2 Å². The van der Waals surface area contributed by atoms with Crippen LogP contribution in [0.4, 0.5) is 0 Å². The number of hydrogen-bond acceptors (Lipinski definition) is 2. The third-order valence-electron chi connectivity index (χ3n) is 3.16. The minimum absolute atomic E-state index is 0.515. The van der Waals surface area contributed by atoms with Gasteiger partial charge in [0.15, 0.2) is 6.29 Å². The molecule has 3 aromatic rings. The maximum atomic E-state index is 11.1. The first kappa shape index (κ1) is 13.2. The van der Waals surface area contributed by atoms with Gasteiger partial charge in [-0.15, -0.1) is 0 Å². The summed E-state index contributed by atoms with van der Waals surface area (Å²) in [6.45, 7) is 0.515. The third-order valence-corrected chi connectivity index (χ3v) is 4.02. The second-order valence-corrected chi connectivity index (χ2v) is 5.20. The first-order valence-corrected chi connectivity index (χ1v) is 6.78. The van der Waals surface area contributed by atoms with Crippen molar-refractivity contribution < 1.29 is 4.79 Å². The van der Waals surface area contributed by atoms with Crippen molar-refractivity contribution in [1.82, 2.24) is 9.55 Å². The standard InChI is InChI=1S/C15H10Cl2N2O/c16-13-5-1-3-10(14(13)17)7-19-8-11(9-20)12-4-2-6-18-15(12)19/h1-6,8-9H,7H2. The Kier molecular flexibility index (Phi) is 3.47. The summed E-state index contributed by atoms with van der Waals surface area (Å²) >= 11 is 12.2. The van der Waals surface area contributed by atoms with Crippen LogP contribution in [0.2, 0.25) is 10.0 Å². The zero-order valence-corrected chi connectivity index (χ0v) is 11.9. The Bertz CT molecular complexity index is 796. The Morgan fingerprint density at radius 2 is 2.05 bits per heavy atom. The highest BCUT2D eigenvalue weighted by molar-refractivity contribution is 6.42. The monoisotopic (exact) mass is 304 g/mol. The van der Waals surface area contributed by atoms with E-state index in [1.165, 1.54) is 0 Å². The summed E-state index contributed by atoms with van der Waals surface area (Å²) in [7, 11) is 0. The number of fused-ring (bicyclic) bond motifs is 1. The number of hydrogen-bond donors (Lipinski definition) is 0. The molecule has 0 saturated heterocycles. The van der Waals surface area contributed by atoms with Crippen molar-refractivity contribution in [3.63, 3.8) is 0 Å². The van der Waals surface area contributed by atoms with Crippen LogP contribution in [0.15, 0.2) is 42.7 Å². The second kappa shape index (κ2) is 5.27. The molecule has 0 aliphatic heterocycles. The van der Waals surface area contributed by atoms with E-state index in [1.54, 1.807) is 18.5 Å². The number of rotatable bonds is 3. The summed E-state index contributed by atoms with van der Waals surface area (Å²) in [6.07, 6.45) is 4.31. The predicted molar refractivity (Wildman–Crippen MR) is 80.7 cm³/mol. The molecule has 1 aromatic carbocycles. The SMILES string of the molecule is O=Cc1cn(Cc2cccc(Cl)c2Cl)c2ncccc12. The largest absolute Gasteiger partial charge is 0.327 e. The molecule has 3 rings (SSSR count). The van der Waals surface area contributed by atoms with Crippen LogP contribution in [-0.4, -0.2) is 15.8 Å². The van der Waals surface area contributed by atoms with Gasteiger partial charge in [0.05, 0.1) is 16.6 Å². The summed E-state index contributed by atoms with van der Waals surface area (Å²) in [6, 6.07) is 9.19. The Labute approximate surface area is 125 Å². The molecule has 100 valence electrons. The lowest BCUT2D eigenvalue weighted by Crippen LogP contribution is -2.00. The van der Waals surface area contributed by atoms with E-state index < -0.39 is 0 Å². The Balaban J connectivity index is 2.11. The molecule has 0 bridgehead atoms. The van der Waals surface area contributed by atoms with E-state index in [9.17, 15) is 4.79 Å². The molecule has 0 aliphatic rings. The van der Waals surface area contributed by atoms with Crippen molar-refractivity contribution in [2.24, 2.45) is 0 Å². The molecule has 0 amide bonds. The van der Waals surface area contributed by atoms with Crippen LogP contribution in [0.25, 0.3) is 11.0 Å². The molecular weight excluding hydrogens is 295 g/mol. The van der Waals surface area contributed by atoms with Gasteiger partial charge in [0.2, 0.25) is 0 Å². The first-order valence-electron chi connectivity index (χ1n) is 6.02. The number of carbonyl (C=O) groups is 1. The van der Waals surface area contributed by atoms with E-state index in [0.29, 0.717) is 22.2 Å². The summed E-state index contributed by atoms with van der Waals surface area (Å²) < 4.78 is 1.90. The molecule has 0 saturated carbocycles. The summed E-state index contributed by atoms with van der Waals surface area (Å²) in [5, 5.41) is 1.88. The fourth-order valence-electron chi connectivity index (χ4n) is 2.22. The molecule has 20 heavy (non-hydrogen) atoms. The van der Waals surface area contributed by atoms with Gasteiger partial charge in [0, 0.05) is 23.3 Å². The van der Waals surface area contributed by atoms with Crippen LogP contribution in [-0.2, 0) is 6.54 Å². The molecule has 0 aliphatic carbocycles. The fraction of sp³-hybridized carbons (Fsp3) is 0.0667. The van der Waals surface area contributed by atoms with Crippen molar-refractivity contribution in [3.8, 4) is 0 Å². The number of carbonyl (C=O) groups excluding carboxylic acids is 1. The fourth-order valence-corrected chi connectivity index (χ4v) is 2.60. The Morgan fingerprint density at radius 3 is 2.85 bits per heavy atom. The van der Waals surface area contributed by atoms with Crippen LogP contribution in [0.1, 0.15) is 15.9 Å². The highest BCUT2D eigenvalue weighted by Gasteiger charge is 2.11. The lowest BCUT2D eigenvalue weighted by molar-refractivity contribution is 0.112. The van der Waals surface area contributed by atoms with Gasteiger partial charge in [-0.2, -0.15) is 0 Å². The van der Waals surface area contributed by atoms with Crippen molar-refractivity contribution in [2.75, 3.05) is 0 Å². The molecule has 2 heterocycles. The number of nitrogens with zero attached hydrogens (tertiary/aromatic N) is 2. The first-order chi connectivity index (χ1) is 9.70. The maximum absolute atomic E-state index is 11.1. The molecule has 0 unspecified atom stereocenters. The second-order valence-electron chi connectivity index (χ2n) is 4.42. The number of aldehydes is 1. The van der Waals surface area contributed by atoms with Gasteiger partial charge in [-0.25, -0.2) is 4.98 Å². The molecule has 0 radical (unpaired) electrons. The van der Waals surface area contributed by atoms with Crippen molar-refractivity contribution in [2.45, 2.75) is 6.54 Å². The lowest BCUT2D eigenvalue weighted by Gasteiger charge is -2.07. The van der Waals surface area contributed by atoms with Crippen molar-refractivity contribution in [1.29, 1.82) is 0 Å². The zero-order chi connectivity index (χ0) is 14.1. The molecular formula is C15H10Cl2N2O. The molecule has 0 spiro atoms. The third kappa shape index (κ3) is 2.19. The summed E-state index contributed by atoms with van der Waals surface area (Å²) in [4.78, 5) is 15.4. The quantitative estimate of drug-likeness (QED) is 0.680. The molecule has 2 aromatic heterocycles. The van der Waals surface area contributed by atoms with Crippen LogP contribution in [0, 0.1) is 0 Å². The molecule has 3 nitrogen and oxygen atoms in total. The predicted octanol–water partition coefficient (Wildman–Crippen LogP) is 4.20. The number of benzene rings is 1. The van der Waals surface area contributed by atoms with E-state index in [2.05, 4.69) is 4.98 Å². The van der Waals surface area contributed by atoms with E-state index in [-0.39, 0.29) is 0 Å². The number of aromatic nitrogens is 2.